The van der Waals surface area contributed by atoms with Crippen molar-refractivity contribution in [1.29, 1.82) is 0 Å². The number of carbonyl (C=O) groups is 1. The lowest BCUT2D eigenvalue weighted by molar-refractivity contribution is 0.0697. The highest BCUT2D eigenvalue weighted by molar-refractivity contribution is 5.97. The summed E-state index contributed by atoms with van der Waals surface area (Å²) < 4.78 is 2.14. The molecule has 2 aromatic rings. The number of benzene rings is 1. The second kappa shape index (κ2) is 4.94. The second-order valence-electron chi connectivity index (χ2n) is 6.27. The number of fused-ring (bicyclic) bond motifs is 1. The predicted octanol–water partition coefficient (Wildman–Crippen LogP) is 2.90. The molecule has 1 aromatic heterocycles. The van der Waals surface area contributed by atoms with Crippen molar-refractivity contribution in [2.75, 3.05) is 6.54 Å². The van der Waals surface area contributed by atoms with E-state index in [4.69, 9.17) is 5.73 Å². The van der Waals surface area contributed by atoms with Gasteiger partial charge in [-0.05, 0) is 35.6 Å². The number of aromatic nitrogens is 1. The van der Waals surface area contributed by atoms with Crippen LogP contribution in [-0.2, 0) is 12.0 Å². The lowest BCUT2D eigenvalue weighted by Gasteiger charge is -2.22. The molecule has 0 saturated carbocycles. The average Bonchev–Trinajstić information content (AvgIpc) is 2.65. The van der Waals surface area contributed by atoms with Gasteiger partial charge in [-0.3, -0.25) is 0 Å². The number of hydrogen-bond acceptors (Lipinski definition) is 2. The fraction of sp³-hybridized carbons (Fsp3) is 0.438. The molecule has 4 heteroatoms. The molecule has 2 rings (SSSR count). The Hall–Kier alpha value is -1.81. The Morgan fingerprint density at radius 3 is 2.50 bits per heavy atom. The Bertz CT molecular complexity index is 663. The van der Waals surface area contributed by atoms with Crippen molar-refractivity contribution in [3.63, 3.8) is 0 Å². The van der Waals surface area contributed by atoms with E-state index in [2.05, 4.69) is 31.5 Å². The Kier molecular flexibility index (Phi) is 3.61. The number of aryl methyl sites for hydroxylation is 1. The molecule has 0 radical (unpaired) electrons. The van der Waals surface area contributed by atoms with Gasteiger partial charge in [0, 0.05) is 24.7 Å². The Labute approximate surface area is 119 Å². The molecule has 1 heterocycles. The van der Waals surface area contributed by atoms with Gasteiger partial charge in [0.25, 0.3) is 0 Å². The summed E-state index contributed by atoms with van der Waals surface area (Å²) in [5.41, 5.74) is 9.14. The molecule has 0 amide bonds. The van der Waals surface area contributed by atoms with E-state index >= 15 is 0 Å². The summed E-state index contributed by atoms with van der Waals surface area (Å²) in [6.45, 7) is 9.61. The van der Waals surface area contributed by atoms with Gasteiger partial charge in [-0.2, -0.15) is 0 Å². The number of aromatic carboxylic acids is 1. The fourth-order valence-corrected chi connectivity index (χ4v) is 2.62. The number of carboxylic acids is 1. The van der Waals surface area contributed by atoms with Gasteiger partial charge in [-0.25, -0.2) is 4.79 Å². The van der Waals surface area contributed by atoms with Crippen molar-refractivity contribution in [1.82, 2.24) is 4.57 Å². The maximum absolute atomic E-state index is 11.3. The zero-order valence-corrected chi connectivity index (χ0v) is 12.5. The molecule has 0 aliphatic rings. The molecule has 3 N–H and O–H groups in total. The summed E-state index contributed by atoms with van der Waals surface area (Å²) in [7, 11) is 0. The van der Waals surface area contributed by atoms with Gasteiger partial charge in [0.05, 0.1) is 11.1 Å². The van der Waals surface area contributed by atoms with E-state index in [1.165, 1.54) is 0 Å². The van der Waals surface area contributed by atoms with Crippen LogP contribution in [-0.4, -0.2) is 22.2 Å². The van der Waals surface area contributed by atoms with Crippen LogP contribution in [0.2, 0.25) is 0 Å². The van der Waals surface area contributed by atoms with Crippen molar-refractivity contribution in [3.05, 3.63) is 35.0 Å². The summed E-state index contributed by atoms with van der Waals surface area (Å²) in [4.78, 5) is 11.3. The van der Waals surface area contributed by atoms with Gasteiger partial charge < -0.3 is 15.4 Å². The first kappa shape index (κ1) is 14.6. The number of hydrogen-bond donors (Lipinski definition) is 2. The van der Waals surface area contributed by atoms with Gasteiger partial charge in [-0.1, -0.05) is 20.8 Å². The molecule has 0 aliphatic heterocycles. The van der Waals surface area contributed by atoms with Crippen LogP contribution in [0.25, 0.3) is 10.9 Å². The molecule has 0 spiro atoms. The van der Waals surface area contributed by atoms with Crippen LogP contribution in [0.4, 0.5) is 0 Å². The minimum absolute atomic E-state index is 0.124. The summed E-state index contributed by atoms with van der Waals surface area (Å²) >= 11 is 0. The number of nitrogens with two attached hydrogens (primary N) is 1. The molecule has 0 unspecified atom stereocenters. The van der Waals surface area contributed by atoms with Gasteiger partial charge in [-0.15, -0.1) is 0 Å². The largest absolute Gasteiger partial charge is 0.478 e. The molecule has 0 saturated heterocycles. The SMILES string of the molecule is Cc1cn(CCN)c2c(C(C)(C)C)cc(C(=O)O)cc12. The quantitative estimate of drug-likeness (QED) is 0.904. The minimum Gasteiger partial charge on any atom is -0.478 e. The molecule has 1 aromatic carbocycles. The van der Waals surface area contributed by atoms with Gasteiger partial charge >= 0.3 is 5.97 Å². The van der Waals surface area contributed by atoms with Crippen LogP contribution in [0.1, 0.15) is 42.3 Å². The van der Waals surface area contributed by atoms with Gasteiger partial charge in [0.1, 0.15) is 0 Å². The van der Waals surface area contributed by atoms with E-state index in [-0.39, 0.29) is 5.41 Å². The van der Waals surface area contributed by atoms with E-state index in [1.807, 2.05) is 6.92 Å². The smallest absolute Gasteiger partial charge is 0.335 e. The molecular weight excluding hydrogens is 252 g/mol. The van der Waals surface area contributed by atoms with Crippen molar-refractivity contribution < 1.29 is 9.90 Å². The van der Waals surface area contributed by atoms with E-state index < -0.39 is 5.97 Å². The molecule has 0 fully saturated rings. The van der Waals surface area contributed by atoms with Gasteiger partial charge in [0.15, 0.2) is 0 Å². The van der Waals surface area contributed by atoms with E-state index in [9.17, 15) is 9.90 Å². The number of carboxylic acid groups (broad SMARTS) is 1. The highest BCUT2D eigenvalue weighted by Gasteiger charge is 2.22. The summed E-state index contributed by atoms with van der Waals surface area (Å²) in [6, 6.07) is 3.55. The van der Waals surface area contributed by atoms with Crippen LogP contribution in [0.5, 0.6) is 0 Å². The first-order chi connectivity index (χ1) is 9.25. The fourth-order valence-electron chi connectivity index (χ4n) is 2.62. The molecule has 0 atom stereocenters. The highest BCUT2D eigenvalue weighted by Crippen LogP contribution is 2.34. The lowest BCUT2D eigenvalue weighted by Crippen LogP contribution is -2.16. The van der Waals surface area contributed by atoms with Crippen LogP contribution < -0.4 is 5.73 Å². The van der Waals surface area contributed by atoms with E-state index in [0.29, 0.717) is 12.1 Å². The Balaban J connectivity index is 2.87. The highest BCUT2D eigenvalue weighted by atomic mass is 16.4. The van der Waals surface area contributed by atoms with Crippen LogP contribution >= 0.6 is 0 Å². The van der Waals surface area contributed by atoms with Crippen molar-refractivity contribution in [2.45, 2.75) is 39.7 Å². The third-order valence-electron chi connectivity index (χ3n) is 3.60. The first-order valence-electron chi connectivity index (χ1n) is 6.83. The van der Waals surface area contributed by atoms with Crippen molar-refractivity contribution in [3.8, 4) is 0 Å². The second-order valence-corrected chi connectivity index (χ2v) is 6.27. The standard InChI is InChI=1S/C16H22N2O2/c1-10-9-18(6-5-17)14-12(10)7-11(15(19)20)8-13(14)16(2,3)4/h7-9H,5-6,17H2,1-4H3,(H,19,20). The first-order valence-corrected chi connectivity index (χ1v) is 6.83. The third kappa shape index (κ3) is 2.43. The molecular formula is C16H22N2O2. The summed E-state index contributed by atoms with van der Waals surface area (Å²) in [5.74, 6) is -0.886. The molecule has 0 aliphatic carbocycles. The third-order valence-corrected chi connectivity index (χ3v) is 3.60. The number of nitrogens with zero attached hydrogens (tertiary/aromatic N) is 1. The molecule has 0 bridgehead atoms. The zero-order valence-electron chi connectivity index (χ0n) is 12.5. The van der Waals surface area contributed by atoms with Crippen LogP contribution in [0, 0.1) is 6.92 Å². The van der Waals surface area contributed by atoms with Crippen LogP contribution in [0.15, 0.2) is 18.3 Å². The Morgan fingerprint density at radius 1 is 1.35 bits per heavy atom. The normalized spacial score (nSPS) is 12.1. The maximum Gasteiger partial charge on any atom is 0.335 e. The minimum atomic E-state index is -0.886. The van der Waals surface area contributed by atoms with Crippen molar-refractivity contribution >= 4 is 16.9 Å². The Morgan fingerprint density at radius 2 is 2.00 bits per heavy atom. The maximum atomic E-state index is 11.3. The average molecular weight is 274 g/mol. The van der Waals surface area contributed by atoms with E-state index in [0.717, 1.165) is 28.6 Å². The van der Waals surface area contributed by atoms with Crippen LogP contribution in [0.3, 0.4) is 0 Å². The monoisotopic (exact) mass is 274 g/mol. The van der Waals surface area contributed by atoms with Gasteiger partial charge in [0.2, 0.25) is 0 Å². The predicted molar refractivity (Wildman–Crippen MR) is 81.4 cm³/mol. The lowest BCUT2D eigenvalue weighted by atomic mass is 9.84. The topological polar surface area (TPSA) is 68.2 Å². The number of rotatable bonds is 3. The molecule has 20 heavy (non-hydrogen) atoms. The summed E-state index contributed by atoms with van der Waals surface area (Å²) in [5, 5.41) is 10.3. The zero-order chi connectivity index (χ0) is 15.1. The molecule has 108 valence electrons. The van der Waals surface area contributed by atoms with Crippen molar-refractivity contribution in [2.24, 2.45) is 5.73 Å². The summed E-state index contributed by atoms with van der Waals surface area (Å²) in [6.07, 6.45) is 2.05. The van der Waals surface area contributed by atoms with E-state index in [1.54, 1.807) is 12.1 Å². The molecule has 4 nitrogen and oxygen atoms in total.